The molecule has 0 unspecified atom stereocenters. The number of fused-ring (bicyclic) bond motifs is 1. The molecule has 1 heterocycles. The molecule has 1 aromatic rings. The van der Waals surface area contributed by atoms with Crippen LogP contribution in [0.15, 0.2) is 18.2 Å². The minimum atomic E-state index is 0.147. The van der Waals surface area contributed by atoms with E-state index in [2.05, 4.69) is 35.5 Å². The smallest absolute Gasteiger partial charge is 0.0499 e. The minimum Gasteiger partial charge on any atom is -0.396 e. The van der Waals surface area contributed by atoms with E-state index >= 15 is 0 Å². The zero-order valence-corrected chi connectivity index (χ0v) is 13.2. The van der Waals surface area contributed by atoms with Crippen molar-refractivity contribution in [2.45, 2.75) is 45.1 Å². The highest BCUT2D eigenvalue weighted by atomic mass is 16.3. The van der Waals surface area contributed by atoms with Gasteiger partial charge in [-0.3, -0.25) is 0 Å². The summed E-state index contributed by atoms with van der Waals surface area (Å²) < 4.78 is 0. The highest BCUT2D eigenvalue weighted by molar-refractivity contribution is 5.56. The van der Waals surface area contributed by atoms with E-state index in [0.717, 1.165) is 13.1 Å². The Kier molecular flexibility index (Phi) is 4.51. The Hall–Kier alpha value is -1.06. The van der Waals surface area contributed by atoms with Crippen molar-refractivity contribution < 1.29 is 5.11 Å². The van der Waals surface area contributed by atoms with Gasteiger partial charge in [0.2, 0.25) is 0 Å². The van der Waals surface area contributed by atoms with Crippen LogP contribution in [0.25, 0.3) is 0 Å². The monoisotopic (exact) mass is 288 g/mol. The minimum absolute atomic E-state index is 0.147. The topological polar surface area (TPSA) is 35.5 Å². The summed E-state index contributed by atoms with van der Waals surface area (Å²) in [5.74, 6) is 0. The summed E-state index contributed by atoms with van der Waals surface area (Å²) >= 11 is 0. The van der Waals surface area contributed by atoms with Crippen molar-refractivity contribution in [2.75, 3.05) is 31.6 Å². The molecule has 116 valence electrons. The van der Waals surface area contributed by atoms with Gasteiger partial charge in [-0.15, -0.1) is 0 Å². The van der Waals surface area contributed by atoms with E-state index < -0.39 is 0 Å². The number of rotatable bonds is 5. The lowest BCUT2D eigenvalue weighted by Crippen LogP contribution is -2.34. The second-order valence-corrected chi connectivity index (χ2v) is 6.96. The number of aliphatic hydroxyl groups is 1. The molecule has 0 spiro atoms. The fraction of sp³-hybridized carbons (Fsp3) is 0.667. The van der Waals surface area contributed by atoms with E-state index in [9.17, 15) is 5.11 Å². The molecule has 1 aliphatic carbocycles. The number of nitrogens with one attached hydrogen (secondary N) is 1. The van der Waals surface area contributed by atoms with Crippen molar-refractivity contribution >= 4 is 5.69 Å². The molecular formula is C18H28N2O. The first-order chi connectivity index (χ1) is 10.2. The van der Waals surface area contributed by atoms with E-state index in [0.29, 0.717) is 6.61 Å². The largest absolute Gasteiger partial charge is 0.396 e. The maximum atomic E-state index is 9.66. The molecule has 0 aromatic heterocycles. The molecule has 3 heteroatoms. The fourth-order valence-corrected chi connectivity index (χ4v) is 3.94. The van der Waals surface area contributed by atoms with Gasteiger partial charge >= 0.3 is 0 Å². The number of hydrogen-bond donors (Lipinski definition) is 2. The molecule has 3 nitrogen and oxygen atoms in total. The van der Waals surface area contributed by atoms with Crippen LogP contribution in [-0.4, -0.2) is 31.9 Å². The van der Waals surface area contributed by atoms with Gasteiger partial charge in [0.05, 0.1) is 0 Å². The Bertz CT molecular complexity index is 480. The Labute approximate surface area is 128 Å². The molecule has 1 aromatic carbocycles. The van der Waals surface area contributed by atoms with E-state index in [1.54, 1.807) is 0 Å². The van der Waals surface area contributed by atoms with Gasteiger partial charge in [-0.2, -0.15) is 0 Å². The maximum Gasteiger partial charge on any atom is 0.0499 e. The zero-order valence-electron chi connectivity index (χ0n) is 13.2. The summed E-state index contributed by atoms with van der Waals surface area (Å²) in [7, 11) is 2.18. The first-order valence-electron chi connectivity index (χ1n) is 8.37. The highest BCUT2D eigenvalue weighted by Crippen LogP contribution is 2.37. The van der Waals surface area contributed by atoms with Gasteiger partial charge in [0, 0.05) is 44.4 Å². The van der Waals surface area contributed by atoms with Gasteiger partial charge in [-0.25, -0.2) is 0 Å². The number of benzene rings is 1. The van der Waals surface area contributed by atoms with E-state index in [-0.39, 0.29) is 5.41 Å². The third-order valence-corrected chi connectivity index (χ3v) is 5.32. The quantitative estimate of drug-likeness (QED) is 0.874. The molecule has 3 rings (SSSR count). The molecule has 1 saturated carbocycles. The van der Waals surface area contributed by atoms with Crippen LogP contribution in [0.3, 0.4) is 0 Å². The van der Waals surface area contributed by atoms with Gasteiger partial charge in [-0.05, 0) is 42.9 Å². The lowest BCUT2D eigenvalue weighted by atomic mass is 9.87. The number of anilines is 1. The molecule has 0 radical (unpaired) electrons. The standard InChI is InChI=1S/C18H28N2O/c1-20-10-4-5-16-11-15(6-7-17(16)20)12-19-13-18(14-21)8-2-3-9-18/h6-7,11,19,21H,2-5,8-10,12-14H2,1H3. The third-order valence-electron chi connectivity index (χ3n) is 5.32. The number of aryl methyl sites for hydroxylation is 1. The van der Waals surface area contributed by atoms with Gasteiger partial charge in [-0.1, -0.05) is 25.0 Å². The molecule has 21 heavy (non-hydrogen) atoms. The predicted molar refractivity (Wildman–Crippen MR) is 87.7 cm³/mol. The molecule has 0 amide bonds. The SMILES string of the molecule is CN1CCCc2cc(CNCC3(CO)CCCC3)ccc21. The molecule has 1 aliphatic heterocycles. The van der Waals surface area contributed by atoms with E-state index in [4.69, 9.17) is 0 Å². The Morgan fingerprint density at radius 3 is 2.81 bits per heavy atom. The van der Waals surface area contributed by atoms with Crippen LogP contribution >= 0.6 is 0 Å². The van der Waals surface area contributed by atoms with Crippen LogP contribution in [0.2, 0.25) is 0 Å². The van der Waals surface area contributed by atoms with Crippen LogP contribution in [-0.2, 0) is 13.0 Å². The zero-order chi connectivity index (χ0) is 14.7. The Morgan fingerprint density at radius 2 is 2.05 bits per heavy atom. The van der Waals surface area contributed by atoms with Gasteiger partial charge < -0.3 is 15.3 Å². The lowest BCUT2D eigenvalue weighted by Gasteiger charge is -2.28. The average molecular weight is 288 g/mol. The summed E-state index contributed by atoms with van der Waals surface area (Å²) in [5, 5.41) is 13.2. The van der Waals surface area contributed by atoms with Crippen molar-refractivity contribution in [1.29, 1.82) is 0 Å². The maximum absolute atomic E-state index is 9.66. The molecule has 2 N–H and O–H groups in total. The van der Waals surface area contributed by atoms with Crippen LogP contribution in [0, 0.1) is 5.41 Å². The second kappa shape index (κ2) is 6.37. The predicted octanol–water partition coefficient (Wildman–Crippen LogP) is 2.71. The van der Waals surface area contributed by atoms with Crippen LogP contribution in [0.5, 0.6) is 0 Å². The van der Waals surface area contributed by atoms with Crippen LogP contribution in [0.4, 0.5) is 5.69 Å². The van der Waals surface area contributed by atoms with Gasteiger partial charge in [0.15, 0.2) is 0 Å². The normalized spacial score (nSPS) is 20.6. The van der Waals surface area contributed by atoms with Crippen LogP contribution in [0.1, 0.15) is 43.2 Å². The number of nitrogens with zero attached hydrogens (tertiary/aromatic N) is 1. The Morgan fingerprint density at radius 1 is 1.24 bits per heavy atom. The first-order valence-corrected chi connectivity index (χ1v) is 8.37. The molecule has 2 aliphatic rings. The molecule has 0 atom stereocenters. The highest BCUT2D eigenvalue weighted by Gasteiger charge is 2.32. The van der Waals surface area contributed by atoms with Gasteiger partial charge in [0.25, 0.3) is 0 Å². The lowest BCUT2D eigenvalue weighted by molar-refractivity contribution is 0.128. The molecular weight excluding hydrogens is 260 g/mol. The summed E-state index contributed by atoms with van der Waals surface area (Å²) in [6.45, 7) is 3.36. The molecule has 0 saturated heterocycles. The number of hydrogen-bond acceptors (Lipinski definition) is 3. The summed E-state index contributed by atoms with van der Waals surface area (Å²) in [6, 6.07) is 6.87. The first kappa shape index (κ1) is 14.9. The van der Waals surface area contributed by atoms with E-state index in [1.807, 2.05) is 0 Å². The van der Waals surface area contributed by atoms with Crippen molar-refractivity contribution in [3.8, 4) is 0 Å². The Balaban J connectivity index is 1.58. The number of aliphatic hydroxyl groups excluding tert-OH is 1. The fourth-order valence-electron chi connectivity index (χ4n) is 3.94. The molecule has 0 bridgehead atoms. The average Bonchev–Trinajstić information content (AvgIpc) is 2.97. The second-order valence-electron chi connectivity index (χ2n) is 6.96. The van der Waals surface area contributed by atoms with Crippen molar-refractivity contribution in [2.24, 2.45) is 5.41 Å². The molecule has 1 fully saturated rings. The summed E-state index contributed by atoms with van der Waals surface area (Å²) in [6.07, 6.45) is 7.35. The summed E-state index contributed by atoms with van der Waals surface area (Å²) in [5.41, 5.74) is 4.40. The third kappa shape index (κ3) is 3.24. The van der Waals surface area contributed by atoms with Crippen LogP contribution < -0.4 is 10.2 Å². The van der Waals surface area contributed by atoms with Crippen molar-refractivity contribution in [3.63, 3.8) is 0 Å². The van der Waals surface area contributed by atoms with Crippen molar-refractivity contribution in [3.05, 3.63) is 29.3 Å². The summed E-state index contributed by atoms with van der Waals surface area (Å²) in [4.78, 5) is 2.36. The van der Waals surface area contributed by atoms with E-state index in [1.165, 1.54) is 61.9 Å². The van der Waals surface area contributed by atoms with Gasteiger partial charge in [0.1, 0.15) is 0 Å². The van der Waals surface area contributed by atoms with Crippen molar-refractivity contribution in [1.82, 2.24) is 5.32 Å².